The first kappa shape index (κ1) is 57.9. The summed E-state index contributed by atoms with van der Waals surface area (Å²) in [6.45, 7) is 32.9. The van der Waals surface area contributed by atoms with Crippen molar-refractivity contribution in [2.75, 3.05) is 28.7 Å². The molecule has 0 unspecified atom stereocenters. The molecule has 0 heterocycles. The first-order valence-electron chi connectivity index (χ1n) is 24.6. The molecule has 0 aliphatic heterocycles. The topological polar surface area (TPSA) is 240 Å². The van der Waals surface area contributed by atoms with Gasteiger partial charge < -0.3 is 39.9 Å². The Bertz CT molecular complexity index is 2670. The lowest BCUT2D eigenvalue weighted by molar-refractivity contribution is -0.256. The average molecular weight is 980 g/mol. The van der Waals surface area contributed by atoms with Gasteiger partial charge in [0.2, 0.25) is 11.4 Å². The van der Waals surface area contributed by atoms with Crippen LogP contribution in [0.1, 0.15) is 94.5 Å². The summed E-state index contributed by atoms with van der Waals surface area (Å²) in [7, 11) is 0. The summed E-state index contributed by atoms with van der Waals surface area (Å²) in [5.74, 6) is 0. The maximum atomic E-state index is 6.00. The zero-order valence-corrected chi connectivity index (χ0v) is 46.5. The Labute approximate surface area is 435 Å². The summed E-state index contributed by atoms with van der Waals surface area (Å²) in [6, 6.07) is 25.7. The van der Waals surface area contributed by atoms with Crippen LogP contribution in [0.15, 0.2) is 131 Å². The van der Waals surface area contributed by atoms with Gasteiger partial charge in [0.25, 0.3) is 0 Å². The van der Waals surface area contributed by atoms with Crippen LogP contribution in [0.3, 0.4) is 0 Å². The van der Waals surface area contributed by atoms with Crippen molar-refractivity contribution in [3.63, 3.8) is 0 Å². The van der Waals surface area contributed by atoms with Crippen LogP contribution >= 0.6 is 0 Å². The predicted octanol–water partition coefficient (Wildman–Crippen LogP) is 10.2. The van der Waals surface area contributed by atoms with Crippen LogP contribution in [0.5, 0.6) is 0 Å². The largest absolute Gasteiger partial charge is 0.412 e. The fraction of sp³-hybridized carbons (Fsp3) is 0.250. The monoisotopic (exact) mass is 980 g/mol. The molecule has 0 aromatic heterocycles. The Hall–Kier alpha value is -7.72. The summed E-state index contributed by atoms with van der Waals surface area (Å²) in [5, 5.41) is 12.0. The second-order valence-corrected chi connectivity index (χ2v) is 20.3. The Morgan fingerprint density at radius 2 is 0.411 bits per heavy atom. The maximum Gasteiger partial charge on any atom is 0.202 e. The average Bonchev–Trinajstić information content (AvgIpc) is 3.32. The van der Waals surface area contributed by atoms with E-state index in [4.69, 9.17) is 39.5 Å². The molecule has 2 aliphatic rings. The molecule has 73 heavy (non-hydrogen) atoms. The lowest BCUT2D eigenvalue weighted by atomic mass is 9.88. The van der Waals surface area contributed by atoms with Crippen molar-refractivity contribution in [2.24, 2.45) is 0 Å². The van der Waals surface area contributed by atoms with Crippen LogP contribution < -0.4 is 45.2 Å². The molecule has 0 atom stereocenters. The van der Waals surface area contributed by atoms with Crippen LogP contribution in [0.4, 0.5) is 34.1 Å². The van der Waals surface area contributed by atoms with Gasteiger partial charge in [-0.1, -0.05) is 0 Å². The minimum absolute atomic E-state index is 0. The molecule has 0 amide bonds. The highest BCUT2D eigenvalue weighted by Gasteiger charge is 2.20. The van der Waals surface area contributed by atoms with E-state index in [0.717, 1.165) is 123 Å². The van der Waals surface area contributed by atoms with Crippen LogP contribution in [0, 0.1) is 83.1 Å². The van der Waals surface area contributed by atoms with Gasteiger partial charge in [-0.2, -0.15) is 0 Å². The van der Waals surface area contributed by atoms with Crippen molar-refractivity contribution in [1.82, 2.24) is 0 Å². The lowest BCUT2D eigenvalue weighted by Crippen LogP contribution is -2.42. The number of nitrogen functional groups attached to an aromatic ring is 5. The van der Waals surface area contributed by atoms with Gasteiger partial charge in [0.1, 0.15) is 5.69 Å². The number of aryl methyl sites for hydroxylation is 12. The molecule has 8 rings (SSSR count). The molecule has 2 aliphatic carbocycles. The third-order valence-electron chi connectivity index (χ3n) is 14.2. The van der Waals surface area contributed by atoms with Gasteiger partial charge in [0, 0.05) is 61.9 Å². The second kappa shape index (κ2) is 23.7. The lowest BCUT2D eigenvalue weighted by Gasteiger charge is -2.14. The Morgan fingerprint density at radius 3 is 0.562 bits per heavy atom. The quantitative estimate of drug-likeness (QED) is 0.0805. The van der Waals surface area contributed by atoms with Crippen molar-refractivity contribution >= 4 is 45.5 Å². The first-order valence-corrected chi connectivity index (χ1v) is 24.6. The molecule has 19 N–H and O–H groups in total. The molecule has 6 aromatic carbocycles. The standard InChI is InChI=1S/3C16H20N2.C16H18N2.H2O/c4*1-9-5-13(6-10(2)15(9)17)14-7-11(3)16(18)12(4)8-14;/h3*5-8H,17-18H2,1-4H3;5-8,17-18H,1-4H3;1H2/p+3. The zero-order chi connectivity index (χ0) is 53.8. The van der Waals surface area contributed by atoms with Crippen molar-refractivity contribution in [1.29, 1.82) is 0 Å². The predicted molar refractivity (Wildman–Crippen MR) is 317 cm³/mol. The normalized spacial score (nSPS) is 12.9. The second-order valence-electron chi connectivity index (χ2n) is 20.3. The molecule has 0 fully saturated rings. The van der Waals surface area contributed by atoms with Gasteiger partial charge in [-0.3, -0.25) is 10.8 Å². The van der Waals surface area contributed by atoms with Crippen molar-refractivity contribution in [2.45, 2.75) is 111 Å². The highest BCUT2D eigenvalue weighted by atomic mass is 16.0. The van der Waals surface area contributed by atoms with Crippen LogP contribution in [0.2, 0.25) is 0 Å². The van der Waals surface area contributed by atoms with Gasteiger partial charge in [-0.05, 0) is 308 Å². The molecule has 0 saturated heterocycles. The Kier molecular flexibility index (Phi) is 18.8. The number of hydrogen-bond donors (Lipinski definition) is 8. The smallest absolute Gasteiger partial charge is 0.202 e. The third kappa shape index (κ3) is 13.4. The summed E-state index contributed by atoms with van der Waals surface area (Å²) in [5.41, 5.74) is 69.2. The van der Waals surface area contributed by atoms with Gasteiger partial charge in [0.15, 0.2) is 0 Å². The molecule has 6 aromatic rings. The molecule has 0 radical (unpaired) electrons. The first-order chi connectivity index (χ1) is 33.6. The highest BCUT2D eigenvalue weighted by Crippen LogP contribution is 2.34. The van der Waals surface area contributed by atoms with E-state index in [9.17, 15) is 0 Å². The van der Waals surface area contributed by atoms with Crippen molar-refractivity contribution in [3.05, 3.63) is 197 Å². The minimum atomic E-state index is 0. The number of anilines is 5. The van der Waals surface area contributed by atoms with E-state index in [0.29, 0.717) is 0 Å². The third-order valence-corrected chi connectivity index (χ3v) is 14.2. The van der Waals surface area contributed by atoms with Gasteiger partial charge >= 0.3 is 0 Å². The van der Waals surface area contributed by atoms with E-state index in [2.05, 4.69) is 131 Å². The Morgan fingerprint density at radius 1 is 0.274 bits per heavy atom. The zero-order valence-electron chi connectivity index (χ0n) is 46.5. The molecular weight excluding hydrogens is 897 g/mol. The summed E-state index contributed by atoms with van der Waals surface area (Å²) in [4.78, 5) is 0. The molecule has 9 nitrogen and oxygen atoms in total. The van der Waals surface area contributed by atoms with E-state index >= 15 is 0 Å². The number of nitrogens with two attached hydrogens (primary N) is 7. The summed E-state index contributed by atoms with van der Waals surface area (Å²) < 4.78 is 0. The van der Waals surface area contributed by atoms with Gasteiger partial charge in [-0.15, -0.1) is 0 Å². The molecule has 9 heteroatoms. The highest BCUT2D eigenvalue weighted by molar-refractivity contribution is 6.11. The van der Waals surface area contributed by atoms with E-state index < -0.39 is 0 Å². The minimum Gasteiger partial charge on any atom is -0.412 e. The molecule has 382 valence electrons. The van der Waals surface area contributed by atoms with Gasteiger partial charge in [-0.25, -0.2) is 0 Å². The molecule has 0 bridgehead atoms. The van der Waals surface area contributed by atoms with Crippen molar-refractivity contribution < 1.29 is 22.0 Å². The maximum absolute atomic E-state index is 6.00. The number of hydrogen-bond acceptors (Lipinski definition) is 5. The van der Waals surface area contributed by atoms with Crippen LogP contribution in [-0.2, 0) is 0 Å². The summed E-state index contributed by atoms with van der Waals surface area (Å²) >= 11 is 0. The van der Waals surface area contributed by atoms with Crippen LogP contribution in [0.25, 0.3) is 33.4 Å². The SMILES string of the molecule is CC1=CC(=C2C=C(C)C(=[NH2+])C(C)=C2)C=C(C)C1=[NH2+].Cc1cc(-c2cc(C)c(N)c(C)c2)cc(C)c1N.Cc1cc(-c2cc(C)c(N)c(C)c2)cc(C)c1N.Cc1cc(-c2cc(C)c([NH3+])c(C)c2)cc(C)c1N.O. The van der Waals surface area contributed by atoms with E-state index in [1.54, 1.807) is 0 Å². The van der Waals surface area contributed by atoms with Crippen molar-refractivity contribution in [3.8, 4) is 33.4 Å². The fourth-order valence-electron chi connectivity index (χ4n) is 9.15. The van der Waals surface area contributed by atoms with E-state index in [1.807, 2.05) is 83.1 Å². The number of rotatable bonds is 3. The van der Waals surface area contributed by atoms with Crippen LogP contribution in [-0.4, -0.2) is 16.9 Å². The fourth-order valence-corrected chi connectivity index (χ4v) is 9.15. The van der Waals surface area contributed by atoms with E-state index in [-0.39, 0.29) is 5.48 Å². The van der Waals surface area contributed by atoms with E-state index in [1.165, 1.54) is 55.7 Å². The van der Waals surface area contributed by atoms with Gasteiger partial charge in [0.05, 0.1) is 0 Å². The number of quaternary nitrogens is 1. The Balaban J connectivity index is 0.000000210. The molecule has 0 saturated carbocycles. The molecular formula is C64H83N8O+3. The summed E-state index contributed by atoms with van der Waals surface area (Å²) in [6.07, 6.45) is 8.53. The number of allylic oxidation sites excluding steroid dienone is 10. The molecule has 0 spiro atoms. The number of benzene rings is 6.